The first-order valence-corrected chi connectivity index (χ1v) is 8.88. The van der Waals surface area contributed by atoms with Gasteiger partial charge < -0.3 is 18.9 Å². The van der Waals surface area contributed by atoms with Crippen molar-refractivity contribution < 1.29 is 36.8 Å². The number of hydroxylamine groups is 2. The monoisotopic (exact) mass is 432 g/mol. The maximum atomic E-state index is 12.8. The zero-order valence-corrected chi connectivity index (χ0v) is 16.8. The molecule has 0 spiro atoms. The van der Waals surface area contributed by atoms with E-state index in [9.17, 15) is 18.0 Å². The highest BCUT2D eigenvalue weighted by molar-refractivity contribution is 5.73. The maximum Gasteiger partial charge on any atom is 0.471 e. The quantitative estimate of drug-likeness (QED) is 0.533. The average molecular weight is 432 g/mol. The van der Waals surface area contributed by atoms with Crippen LogP contribution in [-0.2, 0) is 27.0 Å². The molecule has 0 N–H and O–H groups in total. The predicted octanol–water partition coefficient (Wildman–Crippen LogP) is 2.83. The van der Waals surface area contributed by atoms with Gasteiger partial charge in [0, 0.05) is 32.9 Å². The number of nitrogens with zero attached hydrogens (tertiary/aromatic N) is 4. The SMILES string of the molecule is COCCN(CCOC)C(=O)N(Cc1ccc(-c2noc(C(F)(F)F)n2)cc1)OC. The summed E-state index contributed by atoms with van der Waals surface area (Å²) in [6.45, 7) is 1.54. The summed E-state index contributed by atoms with van der Waals surface area (Å²) in [5.74, 6) is -1.59. The van der Waals surface area contributed by atoms with Crippen molar-refractivity contribution in [2.24, 2.45) is 0 Å². The number of carbonyl (C=O) groups is 1. The van der Waals surface area contributed by atoms with Gasteiger partial charge in [-0.15, -0.1) is 0 Å². The topological polar surface area (TPSA) is 90.2 Å². The highest BCUT2D eigenvalue weighted by Gasteiger charge is 2.38. The Morgan fingerprint density at radius 3 is 2.13 bits per heavy atom. The lowest BCUT2D eigenvalue weighted by Gasteiger charge is -2.28. The Morgan fingerprint density at radius 1 is 1.07 bits per heavy atom. The molecule has 2 amide bonds. The number of carbonyl (C=O) groups excluding carboxylic acids is 1. The summed E-state index contributed by atoms with van der Waals surface area (Å²) < 4.78 is 52.1. The van der Waals surface area contributed by atoms with Crippen LogP contribution in [0.4, 0.5) is 18.0 Å². The van der Waals surface area contributed by atoms with E-state index in [1.165, 1.54) is 38.4 Å². The Morgan fingerprint density at radius 2 is 1.67 bits per heavy atom. The molecule has 0 radical (unpaired) electrons. The Kier molecular flexibility index (Phi) is 8.57. The van der Waals surface area contributed by atoms with Crippen molar-refractivity contribution in [3.8, 4) is 11.4 Å². The van der Waals surface area contributed by atoms with E-state index in [1.807, 2.05) is 0 Å². The summed E-state index contributed by atoms with van der Waals surface area (Å²) in [6, 6.07) is 5.96. The van der Waals surface area contributed by atoms with Crippen molar-refractivity contribution in [1.82, 2.24) is 20.1 Å². The fraction of sp³-hybridized carbons (Fsp3) is 0.500. The first-order valence-electron chi connectivity index (χ1n) is 8.88. The van der Waals surface area contributed by atoms with Crippen LogP contribution in [0.2, 0.25) is 0 Å². The van der Waals surface area contributed by atoms with Gasteiger partial charge in [-0.05, 0) is 5.56 Å². The summed E-state index contributed by atoms with van der Waals surface area (Å²) >= 11 is 0. The minimum Gasteiger partial charge on any atom is -0.383 e. The van der Waals surface area contributed by atoms with E-state index in [-0.39, 0.29) is 18.4 Å². The predicted molar refractivity (Wildman–Crippen MR) is 98.0 cm³/mol. The van der Waals surface area contributed by atoms with Crippen LogP contribution in [0.1, 0.15) is 11.5 Å². The molecule has 9 nitrogen and oxygen atoms in total. The minimum atomic E-state index is -4.71. The molecule has 1 aromatic carbocycles. The molecule has 2 rings (SSSR count). The molecule has 1 heterocycles. The van der Waals surface area contributed by atoms with Crippen molar-refractivity contribution in [3.05, 3.63) is 35.7 Å². The van der Waals surface area contributed by atoms with Crippen LogP contribution in [0.5, 0.6) is 0 Å². The van der Waals surface area contributed by atoms with Crippen molar-refractivity contribution in [2.45, 2.75) is 12.7 Å². The first kappa shape index (κ1) is 23.6. The Balaban J connectivity index is 2.07. The third kappa shape index (κ3) is 6.40. The molecular formula is C18H23F3N4O5. The Hall–Kier alpha value is -2.70. The van der Waals surface area contributed by atoms with Gasteiger partial charge >= 0.3 is 18.1 Å². The molecule has 0 aliphatic heterocycles. The molecule has 0 unspecified atom stereocenters. The van der Waals surface area contributed by atoms with Gasteiger partial charge in [0.05, 0.1) is 26.9 Å². The maximum absolute atomic E-state index is 12.8. The number of benzene rings is 1. The van der Waals surface area contributed by atoms with Crippen molar-refractivity contribution in [1.29, 1.82) is 0 Å². The third-order valence-electron chi connectivity index (χ3n) is 4.04. The molecule has 0 saturated heterocycles. The molecule has 12 heteroatoms. The largest absolute Gasteiger partial charge is 0.471 e. The van der Waals surface area contributed by atoms with E-state index in [4.69, 9.17) is 14.3 Å². The number of alkyl halides is 3. The fourth-order valence-corrected chi connectivity index (χ4v) is 2.45. The van der Waals surface area contributed by atoms with Gasteiger partial charge in [0.25, 0.3) is 0 Å². The van der Waals surface area contributed by atoms with E-state index < -0.39 is 12.1 Å². The van der Waals surface area contributed by atoms with Crippen LogP contribution in [-0.4, -0.2) is 73.8 Å². The second kappa shape index (κ2) is 10.9. The lowest BCUT2D eigenvalue weighted by Crippen LogP contribution is -2.45. The third-order valence-corrected chi connectivity index (χ3v) is 4.04. The molecule has 166 valence electrons. The lowest BCUT2D eigenvalue weighted by molar-refractivity contribution is -0.159. The van der Waals surface area contributed by atoms with Crippen LogP contribution in [0, 0.1) is 0 Å². The van der Waals surface area contributed by atoms with Gasteiger partial charge in [-0.2, -0.15) is 23.2 Å². The zero-order chi connectivity index (χ0) is 22.1. The summed E-state index contributed by atoms with van der Waals surface area (Å²) in [6.07, 6.45) is -4.71. The number of amides is 2. The van der Waals surface area contributed by atoms with Gasteiger partial charge in [-0.25, -0.2) is 4.79 Å². The normalized spacial score (nSPS) is 11.5. The average Bonchev–Trinajstić information content (AvgIpc) is 3.23. The summed E-state index contributed by atoms with van der Waals surface area (Å²) in [5, 5.41) is 4.51. The molecule has 30 heavy (non-hydrogen) atoms. The Bertz CT molecular complexity index is 790. The van der Waals surface area contributed by atoms with Crippen molar-refractivity contribution in [2.75, 3.05) is 47.6 Å². The van der Waals surface area contributed by atoms with Crippen LogP contribution >= 0.6 is 0 Å². The Labute approximate surface area is 171 Å². The number of hydrogen-bond donors (Lipinski definition) is 0. The summed E-state index contributed by atoms with van der Waals surface area (Å²) in [4.78, 5) is 22.8. The molecule has 2 aromatic rings. The molecule has 1 aromatic heterocycles. The minimum absolute atomic E-state index is 0.117. The lowest BCUT2D eigenvalue weighted by atomic mass is 10.1. The standard InChI is InChI=1S/C18H23F3N4O5/c1-27-10-8-24(9-11-28-2)17(26)25(29-3)12-13-4-6-14(7-5-13)15-22-16(30-23-15)18(19,20)21/h4-7H,8-12H2,1-3H3. The van der Waals surface area contributed by atoms with Gasteiger partial charge in [0.1, 0.15) is 0 Å². The molecule has 0 aliphatic rings. The molecule has 0 fully saturated rings. The van der Waals surface area contributed by atoms with Crippen molar-refractivity contribution in [3.63, 3.8) is 0 Å². The highest BCUT2D eigenvalue weighted by atomic mass is 19.4. The van der Waals surface area contributed by atoms with Gasteiger partial charge in [-0.1, -0.05) is 29.4 Å². The molecule has 0 atom stereocenters. The van der Waals surface area contributed by atoms with E-state index in [2.05, 4.69) is 14.7 Å². The van der Waals surface area contributed by atoms with Crippen LogP contribution in [0.25, 0.3) is 11.4 Å². The molecule has 0 saturated carbocycles. The van der Waals surface area contributed by atoms with E-state index in [0.29, 0.717) is 37.4 Å². The van der Waals surface area contributed by atoms with E-state index in [0.717, 1.165) is 5.06 Å². The first-order chi connectivity index (χ1) is 14.3. The number of urea groups is 1. The van der Waals surface area contributed by atoms with Gasteiger partial charge in [0.2, 0.25) is 5.82 Å². The second-order valence-electron chi connectivity index (χ2n) is 6.09. The molecule has 0 bridgehead atoms. The number of methoxy groups -OCH3 is 2. The number of aromatic nitrogens is 2. The number of hydrogen-bond acceptors (Lipinski definition) is 7. The number of rotatable bonds is 10. The molecule has 0 aliphatic carbocycles. The zero-order valence-electron chi connectivity index (χ0n) is 16.8. The molecular weight excluding hydrogens is 409 g/mol. The van der Waals surface area contributed by atoms with Crippen LogP contribution < -0.4 is 0 Å². The van der Waals surface area contributed by atoms with Crippen molar-refractivity contribution >= 4 is 6.03 Å². The second-order valence-corrected chi connectivity index (χ2v) is 6.09. The van der Waals surface area contributed by atoms with E-state index >= 15 is 0 Å². The van der Waals surface area contributed by atoms with Gasteiger partial charge in [-0.3, -0.25) is 4.84 Å². The highest BCUT2D eigenvalue weighted by Crippen LogP contribution is 2.29. The van der Waals surface area contributed by atoms with E-state index in [1.54, 1.807) is 12.1 Å². The number of ether oxygens (including phenoxy) is 2. The summed E-state index contributed by atoms with van der Waals surface area (Å²) in [7, 11) is 4.45. The van der Waals surface area contributed by atoms with Crippen LogP contribution in [0.15, 0.2) is 28.8 Å². The van der Waals surface area contributed by atoms with Gasteiger partial charge in [0.15, 0.2) is 0 Å². The smallest absolute Gasteiger partial charge is 0.383 e. The number of halogens is 3. The van der Waals surface area contributed by atoms with Crippen LogP contribution in [0.3, 0.4) is 0 Å². The fourth-order valence-electron chi connectivity index (χ4n) is 2.45. The summed E-state index contributed by atoms with van der Waals surface area (Å²) in [5.41, 5.74) is 1.03.